The molecule has 0 heterocycles. The van der Waals surface area contributed by atoms with E-state index >= 15 is 0 Å². The molecule has 1 aromatic rings. The molecule has 0 spiro atoms. The normalized spacial score (nSPS) is 17.2. The molecule has 0 amide bonds. The van der Waals surface area contributed by atoms with Gasteiger partial charge in [-0.2, -0.15) is 0 Å². The predicted molar refractivity (Wildman–Crippen MR) is 71.6 cm³/mol. The fourth-order valence-corrected chi connectivity index (χ4v) is 2.26. The van der Waals surface area contributed by atoms with E-state index in [1.807, 2.05) is 0 Å². The van der Waals surface area contributed by atoms with Gasteiger partial charge in [-0.15, -0.1) is 0 Å². The maximum Gasteiger partial charge on any atom is 0.118 e. The van der Waals surface area contributed by atoms with Gasteiger partial charge in [0.05, 0.1) is 7.11 Å². The zero-order valence-corrected chi connectivity index (χ0v) is 11.1. The molecular formula is C15H23NO. The Hall–Kier alpha value is -1.02. The third-order valence-corrected chi connectivity index (χ3v) is 3.57. The van der Waals surface area contributed by atoms with Crippen LogP contribution in [0.2, 0.25) is 0 Å². The van der Waals surface area contributed by atoms with Crippen molar-refractivity contribution in [3.05, 3.63) is 29.8 Å². The molecule has 1 N–H and O–H groups in total. The van der Waals surface area contributed by atoms with Crippen molar-refractivity contribution in [2.45, 2.75) is 32.1 Å². The largest absolute Gasteiger partial charge is 0.497 e. The first kappa shape index (κ1) is 12.4. The highest BCUT2D eigenvalue weighted by Crippen LogP contribution is 2.47. The summed E-state index contributed by atoms with van der Waals surface area (Å²) in [6, 6.07) is 8.56. The van der Waals surface area contributed by atoms with Gasteiger partial charge >= 0.3 is 0 Å². The van der Waals surface area contributed by atoms with Crippen LogP contribution in [-0.2, 0) is 5.41 Å². The van der Waals surface area contributed by atoms with E-state index in [-0.39, 0.29) is 0 Å². The monoisotopic (exact) mass is 233 g/mol. The van der Waals surface area contributed by atoms with Crippen molar-refractivity contribution in [1.82, 2.24) is 5.32 Å². The second-order valence-electron chi connectivity index (χ2n) is 5.53. The van der Waals surface area contributed by atoms with Crippen molar-refractivity contribution >= 4 is 0 Å². The Morgan fingerprint density at radius 2 is 1.88 bits per heavy atom. The lowest BCUT2D eigenvalue weighted by molar-refractivity contribution is 0.414. The van der Waals surface area contributed by atoms with E-state index in [1.54, 1.807) is 7.11 Å². The molecule has 0 saturated heterocycles. The maximum atomic E-state index is 5.20. The molecule has 0 aliphatic heterocycles. The minimum Gasteiger partial charge on any atom is -0.497 e. The van der Waals surface area contributed by atoms with Crippen molar-refractivity contribution in [3.8, 4) is 5.75 Å². The second-order valence-corrected chi connectivity index (χ2v) is 5.53. The topological polar surface area (TPSA) is 21.3 Å². The van der Waals surface area contributed by atoms with Crippen molar-refractivity contribution < 1.29 is 4.74 Å². The van der Waals surface area contributed by atoms with Gasteiger partial charge in [0.25, 0.3) is 0 Å². The van der Waals surface area contributed by atoms with Crippen molar-refractivity contribution in [1.29, 1.82) is 0 Å². The highest BCUT2D eigenvalue weighted by molar-refractivity contribution is 5.36. The lowest BCUT2D eigenvalue weighted by Gasteiger charge is -2.18. The molecule has 0 bridgehead atoms. The molecule has 0 atom stereocenters. The van der Waals surface area contributed by atoms with Gasteiger partial charge in [0.1, 0.15) is 5.75 Å². The van der Waals surface area contributed by atoms with Gasteiger partial charge in [-0.25, -0.2) is 0 Å². The summed E-state index contributed by atoms with van der Waals surface area (Å²) in [6.07, 6.45) is 2.62. The summed E-state index contributed by atoms with van der Waals surface area (Å²) >= 11 is 0. The van der Waals surface area contributed by atoms with Crippen LogP contribution < -0.4 is 10.1 Å². The Kier molecular flexibility index (Phi) is 3.72. The van der Waals surface area contributed by atoms with Gasteiger partial charge in [0, 0.05) is 12.0 Å². The van der Waals surface area contributed by atoms with Crippen LogP contribution in [0.3, 0.4) is 0 Å². The molecule has 94 valence electrons. The average molecular weight is 233 g/mol. The fraction of sp³-hybridized carbons (Fsp3) is 0.600. The average Bonchev–Trinajstić information content (AvgIpc) is 3.10. The summed E-state index contributed by atoms with van der Waals surface area (Å²) in [5, 5.41) is 3.58. The first-order valence-electron chi connectivity index (χ1n) is 6.51. The molecule has 2 rings (SSSR count). The highest BCUT2D eigenvalue weighted by atomic mass is 16.5. The lowest BCUT2D eigenvalue weighted by Crippen LogP contribution is -2.29. The predicted octanol–water partition coefficient (Wildman–Crippen LogP) is 2.97. The Balaban J connectivity index is 1.95. The van der Waals surface area contributed by atoms with Crippen molar-refractivity contribution in [2.24, 2.45) is 5.92 Å². The highest BCUT2D eigenvalue weighted by Gasteiger charge is 2.43. The van der Waals surface area contributed by atoms with Gasteiger partial charge in [0.15, 0.2) is 0 Å². The zero-order valence-electron chi connectivity index (χ0n) is 11.1. The molecule has 0 aromatic heterocycles. The first-order chi connectivity index (χ1) is 8.16. The van der Waals surface area contributed by atoms with E-state index in [0.717, 1.165) is 24.8 Å². The minimum atomic E-state index is 0.404. The second kappa shape index (κ2) is 5.09. The number of nitrogens with one attached hydrogen (secondary N) is 1. The van der Waals surface area contributed by atoms with Crippen LogP contribution >= 0.6 is 0 Å². The van der Waals surface area contributed by atoms with E-state index in [4.69, 9.17) is 4.74 Å². The van der Waals surface area contributed by atoms with Gasteiger partial charge in [-0.05, 0) is 43.0 Å². The van der Waals surface area contributed by atoms with Crippen LogP contribution in [0.15, 0.2) is 24.3 Å². The molecule has 1 aliphatic rings. The van der Waals surface area contributed by atoms with Crippen LogP contribution in [-0.4, -0.2) is 20.2 Å². The standard InChI is InChI=1S/C15H23NO/c1-12(2)10-16-11-15(8-9-15)13-4-6-14(17-3)7-5-13/h4-7,12,16H,8-11H2,1-3H3. The molecule has 0 unspecified atom stereocenters. The SMILES string of the molecule is COc1ccc(C2(CNCC(C)C)CC2)cc1. The van der Waals surface area contributed by atoms with E-state index in [2.05, 4.69) is 43.4 Å². The van der Waals surface area contributed by atoms with E-state index in [9.17, 15) is 0 Å². The fourth-order valence-electron chi connectivity index (χ4n) is 2.26. The lowest BCUT2D eigenvalue weighted by atomic mass is 9.95. The van der Waals surface area contributed by atoms with Crippen LogP contribution in [0.4, 0.5) is 0 Å². The van der Waals surface area contributed by atoms with E-state index < -0.39 is 0 Å². The summed E-state index contributed by atoms with van der Waals surface area (Å²) in [5.74, 6) is 1.67. The molecule has 1 fully saturated rings. The number of hydrogen-bond acceptors (Lipinski definition) is 2. The summed E-state index contributed by atoms with van der Waals surface area (Å²) in [5.41, 5.74) is 1.86. The third kappa shape index (κ3) is 3.01. The van der Waals surface area contributed by atoms with E-state index in [0.29, 0.717) is 5.41 Å². The van der Waals surface area contributed by atoms with Crippen molar-refractivity contribution in [2.75, 3.05) is 20.2 Å². The zero-order chi connectivity index (χ0) is 12.3. The third-order valence-electron chi connectivity index (χ3n) is 3.57. The Labute approximate surface area is 104 Å². The molecule has 0 radical (unpaired) electrons. The minimum absolute atomic E-state index is 0.404. The van der Waals surface area contributed by atoms with Crippen LogP contribution in [0.25, 0.3) is 0 Å². The smallest absolute Gasteiger partial charge is 0.118 e. The number of benzene rings is 1. The van der Waals surface area contributed by atoms with Crippen LogP contribution in [0, 0.1) is 5.92 Å². The number of methoxy groups -OCH3 is 1. The first-order valence-corrected chi connectivity index (χ1v) is 6.51. The molecule has 1 saturated carbocycles. The molecule has 1 aliphatic carbocycles. The number of ether oxygens (including phenoxy) is 1. The van der Waals surface area contributed by atoms with Crippen molar-refractivity contribution in [3.63, 3.8) is 0 Å². The summed E-state index contributed by atoms with van der Waals surface area (Å²) in [6.45, 7) is 6.72. The molecule has 2 heteroatoms. The van der Waals surface area contributed by atoms with E-state index in [1.165, 1.54) is 18.4 Å². The molecule has 1 aromatic carbocycles. The Bertz CT molecular complexity index is 352. The van der Waals surface area contributed by atoms with Crippen LogP contribution in [0.5, 0.6) is 5.75 Å². The Morgan fingerprint density at radius 3 is 2.35 bits per heavy atom. The molecule has 2 nitrogen and oxygen atoms in total. The van der Waals surface area contributed by atoms with Crippen LogP contribution in [0.1, 0.15) is 32.3 Å². The van der Waals surface area contributed by atoms with Gasteiger partial charge in [-0.3, -0.25) is 0 Å². The maximum absolute atomic E-state index is 5.20. The summed E-state index contributed by atoms with van der Waals surface area (Å²) in [7, 11) is 1.71. The molecule has 17 heavy (non-hydrogen) atoms. The number of rotatable bonds is 6. The quantitative estimate of drug-likeness (QED) is 0.815. The van der Waals surface area contributed by atoms with Gasteiger partial charge in [0.2, 0.25) is 0 Å². The Morgan fingerprint density at radius 1 is 1.24 bits per heavy atom. The van der Waals surface area contributed by atoms with Gasteiger partial charge < -0.3 is 10.1 Å². The summed E-state index contributed by atoms with van der Waals surface area (Å²) < 4.78 is 5.20. The number of hydrogen-bond donors (Lipinski definition) is 1. The molecular weight excluding hydrogens is 210 g/mol. The summed E-state index contributed by atoms with van der Waals surface area (Å²) in [4.78, 5) is 0. The van der Waals surface area contributed by atoms with Gasteiger partial charge in [-0.1, -0.05) is 26.0 Å².